The molecule has 2 heterocycles. The van der Waals surface area contributed by atoms with E-state index in [1.165, 1.54) is 0 Å². The van der Waals surface area contributed by atoms with Crippen LogP contribution in [-0.4, -0.2) is 15.0 Å². The number of aromatic nitrogens is 3. The van der Waals surface area contributed by atoms with Crippen molar-refractivity contribution in [2.24, 2.45) is 0 Å². The molecule has 0 fully saturated rings. The van der Waals surface area contributed by atoms with Crippen molar-refractivity contribution in [1.29, 1.82) is 5.26 Å². The molecule has 0 bridgehead atoms. The molecular weight excluding hydrogens is 609 g/mol. The number of benzene rings is 7. The van der Waals surface area contributed by atoms with Crippen molar-refractivity contribution in [2.45, 2.75) is 0 Å². The molecule has 9 aromatic rings. The van der Waals surface area contributed by atoms with E-state index in [1.807, 2.05) is 60.7 Å². The number of para-hydroxylation sites is 2. The second kappa shape index (κ2) is 12.2. The summed E-state index contributed by atoms with van der Waals surface area (Å²) in [6.07, 6.45) is 0. The number of hydrogen-bond acceptors (Lipinski definition) is 4. The fraction of sp³-hybridized carbons (Fsp3) is 0. The van der Waals surface area contributed by atoms with Crippen LogP contribution < -0.4 is 0 Å². The quantitative estimate of drug-likeness (QED) is 0.176. The highest BCUT2D eigenvalue weighted by Gasteiger charge is 2.22. The fourth-order valence-electron chi connectivity index (χ4n) is 6.96. The van der Waals surface area contributed by atoms with Crippen LogP contribution in [0.2, 0.25) is 0 Å². The highest BCUT2D eigenvalue weighted by Crippen LogP contribution is 2.46. The smallest absolute Gasteiger partial charge is 0.0991 e. The van der Waals surface area contributed by atoms with E-state index in [-0.39, 0.29) is 0 Å². The largest absolute Gasteiger partial charge is 0.248 e. The van der Waals surface area contributed by atoms with E-state index < -0.39 is 0 Å². The van der Waals surface area contributed by atoms with Crippen LogP contribution in [0.5, 0.6) is 0 Å². The molecular formula is C46H28N4. The minimum absolute atomic E-state index is 0.603. The molecule has 232 valence electrons. The zero-order valence-corrected chi connectivity index (χ0v) is 27.0. The third kappa shape index (κ3) is 5.06. The topological polar surface area (TPSA) is 62.5 Å². The molecule has 0 saturated heterocycles. The summed E-state index contributed by atoms with van der Waals surface area (Å²) in [4.78, 5) is 15.7. The van der Waals surface area contributed by atoms with E-state index in [9.17, 15) is 5.26 Å². The number of nitrogens with zero attached hydrogens (tertiary/aromatic N) is 4. The van der Waals surface area contributed by atoms with Gasteiger partial charge in [-0.1, -0.05) is 133 Å². The Hall–Kier alpha value is -6.96. The average molecular weight is 637 g/mol. The summed E-state index contributed by atoms with van der Waals surface area (Å²) in [7, 11) is 0. The monoisotopic (exact) mass is 636 g/mol. The van der Waals surface area contributed by atoms with Gasteiger partial charge < -0.3 is 0 Å². The van der Waals surface area contributed by atoms with Crippen LogP contribution in [0.3, 0.4) is 0 Å². The van der Waals surface area contributed by atoms with Gasteiger partial charge in [-0.3, -0.25) is 0 Å². The zero-order valence-electron chi connectivity index (χ0n) is 27.0. The number of pyridine rings is 1. The molecule has 4 heteroatoms. The van der Waals surface area contributed by atoms with Crippen LogP contribution in [0, 0.1) is 11.3 Å². The van der Waals surface area contributed by atoms with Gasteiger partial charge in [0.15, 0.2) is 0 Å². The Morgan fingerprint density at radius 2 is 0.800 bits per heavy atom. The van der Waals surface area contributed by atoms with E-state index >= 15 is 0 Å². The fourth-order valence-corrected chi connectivity index (χ4v) is 6.96. The Labute approximate surface area is 289 Å². The average Bonchev–Trinajstić information content (AvgIpc) is 3.20. The third-order valence-electron chi connectivity index (χ3n) is 9.28. The zero-order chi connectivity index (χ0) is 33.4. The molecule has 0 radical (unpaired) electrons. The molecule has 0 amide bonds. The van der Waals surface area contributed by atoms with E-state index in [4.69, 9.17) is 15.0 Å². The van der Waals surface area contributed by atoms with E-state index in [0.29, 0.717) is 5.56 Å². The lowest BCUT2D eigenvalue weighted by molar-refractivity contribution is 1.30. The van der Waals surface area contributed by atoms with Crippen molar-refractivity contribution < 1.29 is 0 Å². The van der Waals surface area contributed by atoms with Gasteiger partial charge in [-0.05, 0) is 69.1 Å². The summed E-state index contributed by atoms with van der Waals surface area (Å²) in [6, 6.07) is 60.2. The molecule has 0 atom stereocenters. The molecule has 0 N–H and O–H groups in total. The Bertz CT molecular complexity index is 2630. The minimum Gasteiger partial charge on any atom is -0.248 e. The van der Waals surface area contributed by atoms with E-state index in [2.05, 4.69) is 115 Å². The van der Waals surface area contributed by atoms with Gasteiger partial charge in [0.05, 0.1) is 45.4 Å². The van der Waals surface area contributed by atoms with Crippen LogP contribution >= 0.6 is 0 Å². The number of fused-ring (bicyclic) bond motifs is 3. The Morgan fingerprint density at radius 1 is 0.360 bits per heavy atom. The first-order valence-corrected chi connectivity index (χ1v) is 16.6. The van der Waals surface area contributed by atoms with Gasteiger partial charge in [-0.25, -0.2) is 15.0 Å². The second-order valence-corrected chi connectivity index (χ2v) is 12.3. The van der Waals surface area contributed by atoms with Crippen molar-refractivity contribution in [3.63, 3.8) is 0 Å². The standard InChI is InChI=1S/C46H28N4/c47-29-30-23-25-33(26-24-30)45-46(50-40-22-12-11-21-39(40)49-45)44-37-19-9-7-17-35(37)43(36-18-8-10-20-38(36)44)34-27-41(31-13-3-1-4-14-31)48-42(28-34)32-15-5-2-6-16-32/h1-28H. The number of rotatable bonds is 5. The van der Waals surface area contributed by atoms with Gasteiger partial charge in [0, 0.05) is 22.3 Å². The van der Waals surface area contributed by atoms with Crippen molar-refractivity contribution in [3.8, 4) is 62.2 Å². The molecule has 50 heavy (non-hydrogen) atoms. The van der Waals surface area contributed by atoms with Crippen molar-refractivity contribution in [3.05, 3.63) is 175 Å². The summed E-state index contributed by atoms with van der Waals surface area (Å²) in [5, 5.41) is 13.9. The molecule has 0 spiro atoms. The lowest BCUT2D eigenvalue weighted by Gasteiger charge is -2.20. The molecule has 0 saturated carbocycles. The predicted molar refractivity (Wildman–Crippen MR) is 204 cm³/mol. The third-order valence-corrected chi connectivity index (χ3v) is 9.28. The normalized spacial score (nSPS) is 11.2. The van der Waals surface area contributed by atoms with Gasteiger partial charge in [0.25, 0.3) is 0 Å². The van der Waals surface area contributed by atoms with Gasteiger partial charge in [-0.15, -0.1) is 0 Å². The van der Waals surface area contributed by atoms with Crippen LogP contribution in [0.4, 0.5) is 0 Å². The summed E-state index contributed by atoms with van der Waals surface area (Å²) in [6.45, 7) is 0. The van der Waals surface area contributed by atoms with Crippen LogP contribution in [0.1, 0.15) is 5.56 Å². The minimum atomic E-state index is 0.603. The highest BCUT2D eigenvalue weighted by molar-refractivity contribution is 6.22. The van der Waals surface area contributed by atoms with Gasteiger partial charge in [0.1, 0.15) is 0 Å². The lowest BCUT2D eigenvalue weighted by atomic mass is 9.86. The summed E-state index contributed by atoms with van der Waals surface area (Å²) >= 11 is 0. The first-order chi connectivity index (χ1) is 24.7. The first kappa shape index (κ1) is 29.2. The highest BCUT2D eigenvalue weighted by atomic mass is 14.8. The second-order valence-electron chi connectivity index (χ2n) is 12.3. The Morgan fingerprint density at radius 3 is 1.30 bits per heavy atom. The first-order valence-electron chi connectivity index (χ1n) is 16.6. The Balaban J connectivity index is 1.38. The molecule has 0 aliphatic carbocycles. The summed E-state index contributed by atoms with van der Waals surface area (Å²) in [5.41, 5.74) is 12.0. The molecule has 2 aromatic heterocycles. The maximum absolute atomic E-state index is 9.51. The predicted octanol–water partition coefficient (Wildman–Crippen LogP) is 11.5. The SMILES string of the molecule is N#Cc1ccc(-c2nc3ccccc3nc2-c2c3ccccc3c(-c3cc(-c4ccccc4)nc(-c4ccccc4)c3)c3ccccc23)cc1. The van der Waals surface area contributed by atoms with Crippen molar-refractivity contribution in [1.82, 2.24) is 15.0 Å². The summed E-state index contributed by atoms with van der Waals surface area (Å²) in [5.74, 6) is 0. The molecule has 0 unspecified atom stereocenters. The van der Waals surface area contributed by atoms with E-state index in [0.717, 1.165) is 88.7 Å². The number of nitriles is 1. The summed E-state index contributed by atoms with van der Waals surface area (Å²) < 4.78 is 0. The van der Waals surface area contributed by atoms with E-state index in [1.54, 1.807) is 0 Å². The van der Waals surface area contributed by atoms with Crippen LogP contribution in [0.15, 0.2) is 170 Å². The maximum atomic E-state index is 9.51. The van der Waals surface area contributed by atoms with Gasteiger partial charge in [0.2, 0.25) is 0 Å². The number of hydrogen-bond donors (Lipinski definition) is 0. The molecule has 7 aromatic carbocycles. The van der Waals surface area contributed by atoms with Crippen molar-refractivity contribution in [2.75, 3.05) is 0 Å². The Kier molecular flexibility index (Phi) is 7.15. The van der Waals surface area contributed by atoms with Gasteiger partial charge >= 0.3 is 0 Å². The molecule has 0 aliphatic heterocycles. The van der Waals surface area contributed by atoms with Crippen molar-refractivity contribution >= 4 is 32.6 Å². The lowest BCUT2D eigenvalue weighted by Crippen LogP contribution is -1.99. The van der Waals surface area contributed by atoms with Gasteiger partial charge in [-0.2, -0.15) is 5.26 Å². The molecule has 9 rings (SSSR count). The van der Waals surface area contributed by atoms with Crippen LogP contribution in [-0.2, 0) is 0 Å². The molecule has 4 nitrogen and oxygen atoms in total. The van der Waals surface area contributed by atoms with Crippen LogP contribution in [0.25, 0.3) is 88.7 Å². The maximum Gasteiger partial charge on any atom is 0.0991 e. The molecule has 0 aliphatic rings.